The summed E-state index contributed by atoms with van der Waals surface area (Å²) in [5.74, 6) is 0.581. The molecule has 0 unspecified atom stereocenters. The molecule has 0 atom stereocenters. The molecule has 1 fully saturated rings. The normalized spacial score (nSPS) is 14.4. The first-order chi connectivity index (χ1) is 12.7. The highest BCUT2D eigenvalue weighted by molar-refractivity contribution is 5.92. The van der Waals surface area contributed by atoms with Gasteiger partial charge in [0.25, 0.3) is 5.91 Å². The van der Waals surface area contributed by atoms with E-state index in [0.717, 1.165) is 56.1 Å². The van der Waals surface area contributed by atoms with Crippen molar-refractivity contribution >= 4 is 18.3 Å². The number of piperazine rings is 1. The van der Waals surface area contributed by atoms with Gasteiger partial charge < -0.3 is 20.3 Å². The summed E-state index contributed by atoms with van der Waals surface area (Å²) >= 11 is 0. The summed E-state index contributed by atoms with van der Waals surface area (Å²) in [5, 5.41) is 10.7. The van der Waals surface area contributed by atoms with Crippen molar-refractivity contribution in [3.05, 3.63) is 41.7 Å². The molecule has 2 heterocycles. The average molecular weight is 394 g/mol. The number of rotatable bonds is 7. The van der Waals surface area contributed by atoms with Crippen LogP contribution < -0.4 is 15.4 Å². The minimum absolute atomic E-state index is 0. The number of nitrogens with zero attached hydrogens (tertiary/aromatic N) is 3. The lowest BCUT2D eigenvalue weighted by Crippen LogP contribution is -2.44. The van der Waals surface area contributed by atoms with Crippen LogP contribution in [0.5, 0.6) is 5.75 Å². The van der Waals surface area contributed by atoms with E-state index in [-0.39, 0.29) is 18.3 Å². The van der Waals surface area contributed by atoms with Crippen molar-refractivity contribution in [2.75, 3.05) is 46.4 Å². The van der Waals surface area contributed by atoms with Gasteiger partial charge in [-0.15, -0.1) is 12.4 Å². The third kappa shape index (κ3) is 5.69. The maximum atomic E-state index is 12.3. The number of methoxy groups -OCH3 is 1. The van der Waals surface area contributed by atoms with Crippen LogP contribution in [0.1, 0.15) is 22.5 Å². The van der Waals surface area contributed by atoms with E-state index in [1.54, 1.807) is 24.1 Å². The number of aryl methyl sites for hydroxylation is 1. The Morgan fingerprint density at radius 2 is 2.07 bits per heavy atom. The Bertz CT molecular complexity index is 743. The maximum Gasteiger partial charge on any atom is 0.271 e. The van der Waals surface area contributed by atoms with Crippen LogP contribution in [0.2, 0.25) is 0 Å². The first kappa shape index (κ1) is 21.2. The fourth-order valence-electron chi connectivity index (χ4n) is 3.09. The summed E-state index contributed by atoms with van der Waals surface area (Å²) < 4.78 is 7.07. The highest BCUT2D eigenvalue weighted by atomic mass is 35.5. The van der Waals surface area contributed by atoms with Crippen LogP contribution in [-0.4, -0.2) is 67.0 Å². The molecule has 1 aliphatic heterocycles. The van der Waals surface area contributed by atoms with Crippen LogP contribution in [0.25, 0.3) is 5.69 Å². The standard InChI is InChI=1S/C19H27N5O2.ClH/c1-15-4-5-18(26-2)17(14-15)24-11-6-16(22-24)19(25)21-7-3-10-23-12-8-20-9-13-23;/h4-6,11,14,20H,3,7-10,12-13H2,1-2H3,(H,21,25);1H. The van der Waals surface area contributed by atoms with E-state index in [1.165, 1.54) is 0 Å². The molecule has 0 aliphatic carbocycles. The van der Waals surface area contributed by atoms with Gasteiger partial charge in [0.05, 0.1) is 7.11 Å². The Morgan fingerprint density at radius 1 is 1.30 bits per heavy atom. The van der Waals surface area contributed by atoms with Gasteiger partial charge in [0.15, 0.2) is 5.69 Å². The molecular weight excluding hydrogens is 366 g/mol. The Morgan fingerprint density at radius 3 is 2.81 bits per heavy atom. The van der Waals surface area contributed by atoms with Crippen molar-refractivity contribution in [1.29, 1.82) is 0 Å². The van der Waals surface area contributed by atoms with Crippen LogP contribution in [0.3, 0.4) is 0 Å². The number of ether oxygens (including phenoxy) is 1. The molecule has 27 heavy (non-hydrogen) atoms. The topological polar surface area (TPSA) is 71.4 Å². The molecule has 0 bridgehead atoms. The monoisotopic (exact) mass is 393 g/mol. The lowest BCUT2D eigenvalue weighted by molar-refractivity contribution is 0.0946. The number of aromatic nitrogens is 2. The Kier molecular flexibility index (Phi) is 8.09. The van der Waals surface area contributed by atoms with E-state index in [4.69, 9.17) is 4.74 Å². The molecule has 1 aromatic heterocycles. The predicted octanol–water partition coefficient (Wildman–Crippen LogP) is 1.64. The number of hydrogen-bond acceptors (Lipinski definition) is 5. The van der Waals surface area contributed by atoms with Crippen LogP contribution in [-0.2, 0) is 0 Å². The zero-order valence-corrected chi connectivity index (χ0v) is 16.7. The van der Waals surface area contributed by atoms with Crippen molar-refractivity contribution in [1.82, 2.24) is 25.3 Å². The second-order valence-corrected chi connectivity index (χ2v) is 6.52. The Labute approximate surface area is 166 Å². The molecule has 148 valence electrons. The minimum Gasteiger partial charge on any atom is -0.494 e. The molecule has 1 saturated heterocycles. The van der Waals surface area contributed by atoms with E-state index in [2.05, 4.69) is 20.6 Å². The molecular formula is C19H28ClN5O2. The molecule has 2 N–H and O–H groups in total. The number of nitrogens with one attached hydrogen (secondary N) is 2. The van der Waals surface area contributed by atoms with Crippen molar-refractivity contribution in [2.24, 2.45) is 0 Å². The summed E-state index contributed by atoms with van der Waals surface area (Å²) in [5.41, 5.74) is 2.34. The number of carbonyl (C=O) groups excluding carboxylic acids is 1. The summed E-state index contributed by atoms with van der Waals surface area (Å²) in [6.07, 6.45) is 2.73. The lowest BCUT2D eigenvalue weighted by Gasteiger charge is -2.26. The van der Waals surface area contributed by atoms with Crippen LogP contribution in [0.4, 0.5) is 0 Å². The number of benzene rings is 1. The van der Waals surface area contributed by atoms with Gasteiger partial charge in [0.1, 0.15) is 11.4 Å². The highest BCUT2D eigenvalue weighted by Gasteiger charge is 2.13. The smallest absolute Gasteiger partial charge is 0.271 e. The molecule has 8 heteroatoms. The quantitative estimate of drug-likeness (QED) is 0.700. The summed E-state index contributed by atoms with van der Waals surface area (Å²) in [6.45, 7) is 7.94. The van der Waals surface area contributed by atoms with Gasteiger partial charge in [-0.25, -0.2) is 4.68 Å². The third-order valence-electron chi connectivity index (χ3n) is 4.55. The van der Waals surface area contributed by atoms with Crippen LogP contribution in [0.15, 0.2) is 30.5 Å². The summed E-state index contributed by atoms with van der Waals surface area (Å²) in [4.78, 5) is 14.7. The molecule has 1 amide bonds. The average Bonchev–Trinajstić information content (AvgIpc) is 3.16. The van der Waals surface area contributed by atoms with Crippen molar-refractivity contribution < 1.29 is 9.53 Å². The largest absolute Gasteiger partial charge is 0.494 e. The van der Waals surface area contributed by atoms with Gasteiger partial charge in [-0.1, -0.05) is 6.07 Å². The Balaban J connectivity index is 0.00000261. The van der Waals surface area contributed by atoms with Crippen molar-refractivity contribution in [3.8, 4) is 11.4 Å². The maximum absolute atomic E-state index is 12.3. The fraction of sp³-hybridized carbons (Fsp3) is 0.474. The molecule has 0 spiro atoms. The second-order valence-electron chi connectivity index (χ2n) is 6.52. The van der Waals surface area contributed by atoms with E-state index >= 15 is 0 Å². The van der Waals surface area contributed by atoms with Gasteiger partial charge in [-0.3, -0.25) is 4.79 Å². The molecule has 7 nitrogen and oxygen atoms in total. The van der Waals surface area contributed by atoms with Gasteiger partial charge in [-0.2, -0.15) is 5.10 Å². The molecule has 1 aliphatic rings. The number of hydrogen-bond donors (Lipinski definition) is 2. The van der Waals surface area contributed by atoms with Gasteiger partial charge in [0.2, 0.25) is 0 Å². The van der Waals surface area contributed by atoms with Crippen molar-refractivity contribution in [2.45, 2.75) is 13.3 Å². The van der Waals surface area contributed by atoms with E-state index in [1.807, 2.05) is 25.1 Å². The molecule has 0 radical (unpaired) electrons. The summed E-state index contributed by atoms with van der Waals surface area (Å²) in [7, 11) is 1.63. The number of carbonyl (C=O) groups is 1. The molecule has 3 rings (SSSR count). The van der Waals surface area contributed by atoms with Crippen LogP contribution in [0, 0.1) is 6.92 Å². The van der Waals surface area contributed by atoms with Crippen molar-refractivity contribution in [3.63, 3.8) is 0 Å². The van der Waals surface area contributed by atoms with Gasteiger partial charge in [-0.05, 0) is 43.7 Å². The molecule has 1 aromatic carbocycles. The van der Waals surface area contributed by atoms with Crippen LogP contribution >= 0.6 is 12.4 Å². The van der Waals surface area contributed by atoms with Gasteiger partial charge >= 0.3 is 0 Å². The number of amides is 1. The first-order valence-corrected chi connectivity index (χ1v) is 9.09. The lowest BCUT2D eigenvalue weighted by atomic mass is 10.2. The number of halogens is 1. The zero-order valence-electron chi connectivity index (χ0n) is 15.9. The molecule has 0 saturated carbocycles. The minimum atomic E-state index is -0.143. The summed E-state index contributed by atoms with van der Waals surface area (Å²) in [6, 6.07) is 7.61. The van der Waals surface area contributed by atoms with E-state index in [0.29, 0.717) is 12.2 Å². The Hall–Kier alpha value is -2.09. The SMILES string of the molecule is COc1ccc(C)cc1-n1ccc(C(=O)NCCCN2CCNCC2)n1.Cl. The molecule has 2 aromatic rings. The van der Waals surface area contributed by atoms with Gasteiger partial charge in [0, 0.05) is 38.9 Å². The second kappa shape index (κ2) is 10.3. The zero-order chi connectivity index (χ0) is 18.4. The van der Waals surface area contributed by atoms with E-state index < -0.39 is 0 Å². The van der Waals surface area contributed by atoms with E-state index in [9.17, 15) is 4.79 Å². The first-order valence-electron chi connectivity index (χ1n) is 9.09. The third-order valence-corrected chi connectivity index (χ3v) is 4.55. The predicted molar refractivity (Wildman–Crippen MR) is 108 cm³/mol. The highest BCUT2D eigenvalue weighted by Crippen LogP contribution is 2.23. The fourth-order valence-corrected chi connectivity index (χ4v) is 3.09.